The summed E-state index contributed by atoms with van der Waals surface area (Å²) >= 11 is 11.0. The van der Waals surface area contributed by atoms with Gasteiger partial charge in [-0.15, -0.1) is 11.6 Å². The molecule has 0 radical (unpaired) electrons. The van der Waals surface area contributed by atoms with Gasteiger partial charge in [-0.2, -0.15) is 0 Å². The Morgan fingerprint density at radius 3 is 2.54 bits per heavy atom. The molecule has 70 valence electrons. The lowest BCUT2D eigenvalue weighted by Crippen LogP contribution is -2.07. The Morgan fingerprint density at radius 1 is 1.38 bits per heavy atom. The molecule has 0 aromatic heterocycles. The van der Waals surface area contributed by atoms with Crippen LogP contribution in [0.5, 0.6) is 0 Å². The summed E-state index contributed by atoms with van der Waals surface area (Å²) in [4.78, 5) is 10.8. The molecule has 4 heteroatoms. The highest BCUT2D eigenvalue weighted by Crippen LogP contribution is 2.21. The molecule has 1 unspecified atom stereocenters. The molecule has 0 saturated carbocycles. The summed E-state index contributed by atoms with van der Waals surface area (Å²) in [7, 11) is 0. The summed E-state index contributed by atoms with van der Waals surface area (Å²) in [5.41, 5.74) is -0.0184. The van der Waals surface area contributed by atoms with Gasteiger partial charge in [-0.05, 0) is 0 Å². The molecule has 1 aromatic carbocycles. The van der Waals surface area contributed by atoms with Crippen LogP contribution in [0.25, 0.3) is 0 Å². The van der Waals surface area contributed by atoms with Crippen molar-refractivity contribution in [1.82, 2.24) is 0 Å². The van der Waals surface area contributed by atoms with Gasteiger partial charge >= 0.3 is 5.97 Å². The molecule has 1 aromatic rings. The van der Waals surface area contributed by atoms with Crippen LogP contribution in [-0.4, -0.2) is 11.8 Å². The normalized spacial score (nSPS) is 12.2. The van der Waals surface area contributed by atoms with Crippen molar-refractivity contribution in [2.75, 3.05) is 5.88 Å². The van der Waals surface area contributed by atoms with Gasteiger partial charge in [-0.25, -0.2) is 0 Å². The lowest BCUT2D eigenvalue weighted by Gasteiger charge is -2.09. The predicted octanol–water partition coefficient (Wildman–Crippen LogP) is 2.71. The van der Waals surface area contributed by atoms with Crippen molar-refractivity contribution >= 4 is 29.2 Å². The van der Waals surface area contributed by atoms with Crippen LogP contribution in [0.4, 0.5) is 0 Å². The highest BCUT2D eigenvalue weighted by Gasteiger charge is 2.11. The molecule has 13 heavy (non-hydrogen) atoms. The Kier molecular flexibility index (Phi) is 4.06. The van der Waals surface area contributed by atoms with E-state index in [0.717, 1.165) is 5.56 Å². The Hall–Kier alpha value is -0.730. The summed E-state index contributed by atoms with van der Waals surface area (Å²) in [5.74, 6) is -0.707. The first-order chi connectivity index (χ1) is 6.24. The number of esters is 1. The standard InChI is InChI=1S/C9H8Cl2O2/c10-6-8(12)13-9(11)7-4-2-1-3-5-7/h1-5,9H,6H2. The second-order valence-electron chi connectivity index (χ2n) is 2.35. The van der Waals surface area contributed by atoms with E-state index in [1.807, 2.05) is 18.2 Å². The molecular formula is C9H8Cl2O2. The number of ether oxygens (including phenoxy) is 1. The zero-order valence-electron chi connectivity index (χ0n) is 6.74. The summed E-state index contributed by atoms with van der Waals surface area (Å²) in [6.07, 6.45) is 0. The molecule has 0 saturated heterocycles. The molecule has 1 atom stereocenters. The Bertz CT molecular complexity index is 274. The molecule has 0 aliphatic heterocycles. The number of carbonyl (C=O) groups is 1. The number of benzene rings is 1. The maximum atomic E-state index is 10.8. The van der Waals surface area contributed by atoms with E-state index >= 15 is 0 Å². The second-order valence-corrected chi connectivity index (χ2v) is 3.01. The monoisotopic (exact) mass is 218 g/mol. The molecule has 0 N–H and O–H groups in total. The Balaban J connectivity index is 2.59. The molecule has 1 rings (SSSR count). The smallest absolute Gasteiger partial charge is 0.322 e. The van der Waals surface area contributed by atoms with Gasteiger partial charge in [-0.3, -0.25) is 4.79 Å². The molecule has 0 aliphatic rings. The summed E-state index contributed by atoms with van der Waals surface area (Å²) in [6, 6.07) is 9.05. The van der Waals surface area contributed by atoms with Crippen molar-refractivity contribution in [2.24, 2.45) is 0 Å². The second kappa shape index (κ2) is 5.10. The quantitative estimate of drug-likeness (QED) is 0.577. The van der Waals surface area contributed by atoms with E-state index in [2.05, 4.69) is 0 Å². The third-order valence-electron chi connectivity index (χ3n) is 1.41. The van der Waals surface area contributed by atoms with Crippen molar-refractivity contribution in [2.45, 2.75) is 5.56 Å². The highest BCUT2D eigenvalue weighted by atomic mass is 35.5. The average Bonchev–Trinajstić information content (AvgIpc) is 2.19. The van der Waals surface area contributed by atoms with Gasteiger partial charge < -0.3 is 4.74 Å². The van der Waals surface area contributed by atoms with Gasteiger partial charge in [-0.1, -0.05) is 41.9 Å². The first kappa shape index (κ1) is 10.4. The average molecular weight is 219 g/mol. The van der Waals surface area contributed by atoms with Crippen molar-refractivity contribution in [3.05, 3.63) is 35.9 Å². The van der Waals surface area contributed by atoms with E-state index < -0.39 is 11.5 Å². The van der Waals surface area contributed by atoms with Gasteiger partial charge in [0.2, 0.25) is 5.56 Å². The van der Waals surface area contributed by atoms with Crippen LogP contribution in [-0.2, 0) is 9.53 Å². The van der Waals surface area contributed by atoms with E-state index in [4.69, 9.17) is 27.9 Å². The predicted molar refractivity (Wildman–Crippen MR) is 51.8 cm³/mol. The van der Waals surface area contributed by atoms with E-state index in [1.54, 1.807) is 12.1 Å². The summed E-state index contributed by atoms with van der Waals surface area (Å²) < 4.78 is 4.78. The first-order valence-electron chi connectivity index (χ1n) is 3.68. The van der Waals surface area contributed by atoms with Crippen molar-refractivity contribution < 1.29 is 9.53 Å². The first-order valence-corrected chi connectivity index (χ1v) is 4.65. The van der Waals surface area contributed by atoms with E-state index in [9.17, 15) is 4.79 Å². The molecule has 2 nitrogen and oxygen atoms in total. The number of carbonyl (C=O) groups excluding carboxylic acids is 1. The lowest BCUT2D eigenvalue weighted by molar-refractivity contribution is -0.142. The zero-order chi connectivity index (χ0) is 9.68. The third-order valence-corrected chi connectivity index (χ3v) is 1.96. The van der Waals surface area contributed by atoms with Crippen molar-refractivity contribution in [1.29, 1.82) is 0 Å². The summed E-state index contributed by atoms with van der Waals surface area (Å²) in [6.45, 7) is 0. The molecule has 0 heterocycles. The number of halogens is 2. The van der Waals surface area contributed by atoms with Crippen molar-refractivity contribution in [3.63, 3.8) is 0 Å². The Morgan fingerprint density at radius 2 is 2.00 bits per heavy atom. The maximum Gasteiger partial charge on any atom is 0.322 e. The fourth-order valence-corrected chi connectivity index (χ4v) is 1.13. The SMILES string of the molecule is O=C(CCl)OC(Cl)c1ccccc1. The number of rotatable bonds is 3. The maximum absolute atomic E-state index is 10.8. The van der Waals surface area contributed by atoms with Gasteiger partial charge in [0.1, 0.15) is 5.88 Å². The fraction of sp³-hybridized carbons (Fsp3) is 0.222. The largest absolute Gasteiger partial charge is 0.440 e. The molecule has 0 aliphatic carbocycles. The lowest BCUT2D eigenvalue weighted by atomic mass is 10.2. The fourth-order valence-electron chi connectivity index (χ4n) is 0.819. The van der Waals surface area contributed by atoms with Crippen LogP contribution in [0.3, 0.4) is 0 Å². The van der Waals surface area contributed by atoms with Crippen LogP contribution in [0, 0.1) is 0 Å². The van der Waals surface area contributed by atoms with Crippen LogP contribution < -0.4 is 0 Å². The third kappa shape index (κ3) is 3.25. The van der Waals surface area contributed by atoms with E-state index in [1.165, 1.54) is 0 Å². The zero-order valence-corrected chi connectivity index (χ0v) is 8.26. The highest BCUT2D eigenvalue weighted by molar-refractivity contribution is 6.27. The topological polar surface area (TPSA) is 26.3 Å². The number of hydrogen-bond donors (Lipinski definition) is 0. The number of hydrogen-bond acceptors (Lipinski definition) is 2. The van der Waals surface area contributed by atoms with Gasteiger partial charge in [0, 0.05) is 5.56 Å². The minimum Gasteiger partial charge on any atom is -0.440 e. The van der Waals surface area contributed by atoms with Crippen LogP contribution >= 0.6 is 23.2 Å². The summed E-state index contributed by atoms with van der Waals surface area (Å²) in [5, 5.41) is 0. The van der Waals surface area contributed by atoms with Gasteiger partial charge in [0.15, 0.2) is 0 Å². The van der Waals surface area contributed by atoms with Crippen LogP contribution in [0.2, 0.25) is 0 Å². The van der Waals surface area contributed by atoms with E-state index in [0.29, 0.717) is 0 Å². The molecule has 0 fully saturated rings. The van der Waals surface area contributed by atoms with Gasteiger partial charge in [0.25, 0.3) is 0 Å². The van der Waals surface area contributed by atoms with Gasteiger partial charge in [0.05, 0.1) is 0 Å². The minimum absolute atomic E-state index is 0.184. The van der Waals surface area contributed by atoms with Crippen LogP contribution in [0.1, 0.15) is 11.1 Å². The van der Waals surface area contributed by atoms with Crippen molar-refractivity contribution in [3.8, 4) is 0 Å². The minimum atomic E-state index is -0.757. The number of alkyl halides is 2. The molecule has 0 amide bonds. The van der Waals surface area contributed by atoms with E-state index in [-0.39, 0.29) is 5.88 Å². The molecular weight excluding hydrogens is 211 g/mol. The Labute approximate surface area is 86.4 Å². The molecule has 0 spiro atoms. The van der Waals surface area contributed by atoms with Crippen LogP contribution in [0.15, 0.2) is 30.3 Å². The molecule has 0 bridgehead atoms.